The summed E-state index contributed by atoms with van der Waals surface area (Å²) in [6.45, 7) is 0.698. The summed E-state index contributed by atoms with van der Waals surface area (Å²) in [4.78, 5) is 0. The van der Waals surface area contributed by atoms with Crippen LogP contribution < -0.4 is 11.5 Å². The second-order valence-corrected chi connectivity index (χ2v) is 8.52. The van der Waals surface area contributed by atoms with Gasteiger partial charge in [0.15, 0.2) is 0 Å². The summed E-state index contributed by atoms with van der Waals surface area (Å²) in [7, 11) is 0. The average molecular weight is 489 g/mol. The van der Waals surface area contributed by atoms with E-state index in [0.717, 1.165) is 16.7 Å². The van der Waals surface area contributed by atoms with E-state index < -0.39 is 5.92 Å². The van der Waals surface area contributed by atoms with Gasteiger partial charge in [-0.2, -0.15) is 10.2 Å². The largest absolute Gasteiger partial charge is 0.384 e. The van der Waals surface area contributed by atoms with E-state index in [1.54, 1.807) is 58.2 Å². The zero-order chi connectivity index (χ0) is 25.2. The summed E-state index contributed by atoms with van der Waals surface area (Å²) < 4.78 is 43.6. The molecule has 0 fully saturated rings. The third-order valence-corrected chi connectivity index (χ3v) is 6.14. The van der Waals surface area contributed by atoms with E-state index in [1.165, 1.54) is 36.4 Å². The summed E-state index contributed by atoms with van der Waals surface area (Å²) in [5.74, 6) is -0.666. The standard InChI is InChI=1S/C27H23F3N6/c28-20-7-1-17(2-8-20)15-35-26(31)23(13-33-35)25(19-5-11-22(30)12-6-19)24-14-34-36(27(24)32)16-18-3-9-21(29)10-4-18/h1-14,25H,15-16,31-32H2. The van der Waals surface area contributed by atoms with Crippen LogP contribution in [0.5, 0.6) is 0 Å². The molecule has 0 spiro atoms. The van der Waals surface area contributed by atoms with Crippen molar-refractivity contribution in [3.8, 4) is 0 Å². The summed E-state index contributed by atoms with van der Waals surface area (Å²) in [6, 6.07) is 18.3. The number of rotatable bonds is 7. The van der Waals surface area contributed by atoms with Gasteiger partial charge in [-0.05, 0) is 53.1 Å². The Morgan fingerprint density at radius 2 is 0.944 bits per heavy atom. The average Bonchev–Trinajstić information content (AvgIpc) is 3.41. The quantitative estimate of drug-likeness (QED) is 0.340. The fourth-order valence-corrected chi connectivity index (χ4v) is 4.22. The van der Waals surface area contributed by atoms with Crippen LogP contribution >= 0.6 is 0 Å². The molecule has 0 saturated heterocycles. The van der Waals surface area contributed by atoms with E-state index >= 15 is 0 Å². The SMILES string of the molecule is Nc1c(C(c2ccc(F)cc2)c2cnn(Cc3ccc(F)cc3)c2N)cnn1Cc1ccc(F)cc1. The van der Waals surface area contributed by atoms with Crippen LogP contribution in [-0.4, -0.2) is 19.6 Å². The van der Waals surface area contributed by atoms with Gasteiger partial charge in [-0.3, -0.25) is 0 Å². The first kappa shape index (κ1) is 23.2. The minimum Gasteiger partial charge on any atom is -0.384 e. The normalized spacial score (nSPS) is 11.3. The molecule has 0 amide bonds. The predicted molar refractivity (Wildman–Crippen MR) is 132 cm³/mol. The highest BCUT2D eigenvalue weighted by molar-refractivity contribution is 5.57. The molecule has 0 aliphatic heterocycles. The van der Waals surface area contributed by atoms with E-state index in [9.17, 15) is 13.2 Å². The molecule has 2 aromatic heterocycles. The van der Waals surface area contributed by atoms with E-state index in [0.29, 0.717) is 35.9 Å². The molecule has 5 aromatic rings. The number of hydrogen-bond donors (Lipinski definition) is 2. The highest BCUT2D eigenvalue weighted by atomic mass is 19.1. The van der Waals surface area contributed by atoms with Crippen molar-refractivity contribution >= 4 is 11.6 Å². The van der Waals surface area contributed by atoms with Gasteiger partial charge in [-0.25, -0.2) is 22.5 Å². The first-order valence-electron chi connectivity index (χ1n) is 11.3. The number of aromatic nitrogens is 4. The third kappa shape index (κ3) is 4.68. The maximum absolute atomic E-state index is 13.7. The summed E-state index contributed by atoms with van der Waals surface area (Å²) in [5.41, 5.74) is 16.8. The van der Waals surface area contributed by atoms with Crippen molar-refractivity contribution in [1.29, 1.82) is 0 Å². The van der Waals surface area contributed by atoms with Crippen molar-refractivity contribution in [2.45, 2.75) is 19.0 Å². The molecule has 5 rings (SSSR count). The number of halogens is 3. The van der Waals surface area contributed by atoms with Crippen molar-refractivity contribution in [2.75, 3.05) is 11.5 Å². The molecule has 2 heterocycles. The molecule has 0 saturated carbocycles. The molecular formula is C27H23F3N6. The Bertz CT molecular complexity index is 1380. The molecule has 0 aliphatic carbocycles. The van der Waals surface area contributed by atoms with Gasteiger partial charge in [-0.1, -0.05) is 36.4 Å². The van der Waals surface area contributed by atoms with Gasteiger partial charge in [0.25, 0.3) is 0 Å². The lowest BCUT2D eigenvalue weighted by Crippen LogP contribution is -2.12. The summed E-state index contributed by atoms with van der Waals surface area (Å²) in [5, 5.41) is 8.91. The van der Waals surface area contributed by atoms with Gasteiger partial charge < -0.3 is 11.5 Å². The van der Waals surface area contributed by atoms with Crippen LogP contribution in [-0.2, 0) is 13.1 Å². The summed E-state index contributed by atoms with van der Waals surface area (Å²) >= 11 is 0. The topological polar surface area (TPSA) is 87.7 Å². The van der Waals surface area contributed by atoms with Crippen molar-refractivity contribution in [3.63, 3.8) is 0 Å². The number of anilines is 2. The van der Waals surface area contributed by atoms with E-state index in [1.807, 2.05) is 0 Å². The van der Waals surface area contributed by atoms with Crippen LogP contribution in [0, 0.1) is 17.5 Å². The van der Waals surface area contributed by atoms with Crippen LogP contribution in [0.15, 0.2) is 85.2 Å². The van der Waals surface area contributed by atoms with Gasteiger partial charge in [0, 0.05) is 17.0 Å². The second kappa shape index (κ2) is 9.61. The Morgan fingerprint density at radius 3 is 1.33 bits per heavy atom. The Hall–Kier alpha value is -4.53. The molecule has 3 aromatic carbocycles. The molecule has 9 heteroatoms. The Labute approximate surface area is 205 Å². The Kier molecular flexibility index (Phi) is 6.20. The van der Waals surface area contributed by atoms with E-state index in [2.05, 4.69) is 10.2 Å². The molecule has 4 N–H and O–H groups in total. The monoisotopic (exact) mass is 488 g/mol. The first-order valence-corrected chi connectivity index (χ1v) is 11.3. The third-order valence-electron chi connectivity index (χ3n) is 6.14. The smallest absolute Gasteiger partial charge is 0.126 e. The van der Waals surface area contributed by atoms with Gasteiger partial charge in [0.1, 0.15) is 29.1 Å². The first-order chi connectivity index (χ1) is 17.4. The minimum atomic E-state index is -0.463. The fraction of sp³-hybridized carbons (Fsp3) is 0.111. The lowest BCUT2D eigenvalue weighted by Gasteiger charge is -2.18. The van der Waals surface area contributed by atoms with Gasteiger partial charge in [0.05, 0.1) is 25.5 Å². The van der Waals surface area contributed by atoms with E-state index in [-0.39, 0.29) is 17.5 Å². The molecule has 0 aliphatic rings. The molecule has 0 bridgehead atoms. The number of nitrogen functional groups attached to an aromatic ring is 2. The zero-order valence-corrected chi connectivity index (χ0v) is 19.2. The Balaban J connectivity index is 1.53. The maximum Gasteiger partial charge on any atom is 0.126 e. The molecule has 0 radical (unpaired) electrons. The second-order valence-electron chi connectivity index (χ2n) is 8.52. The van der Waals surface area contributed by atoms with Crippen molar-refractivity contribution < 1.29 is 13.2 Å². The minimum absolute atomic E-state index is 0.322. The zero-order valence-electron chi connectivity index (χ0n) is 19.2. The number of benzene rings is 3. The van der Waals surface area contributed by atoms with Crippen LogP contribution in [0.4, 0.5) is 24.8 Å². The number of nitrogens with two attached hydrogens (primary N) is 2. The molecule has 6 nitrogen and oxygen atoms in total. The fourth-order valence-electron chi connectivity index (χ4n) is 4.22. The highest BCUT2D eigenvalue weighted by Crippen LogP contribution is 2.38. The lowest BCUT2D eigenvalue weighted by atomic mass is 9.87. The molecule has 182 valence electrons. The van der Waals surface area contributed by atoms with Gasteiger partial charge in [0.2, 0.25) is 0 Å². The lowest BCUT2D eigenvalue weighted by molar-refractivity contribution is 0.624. The predicted octanol–water partition coefficient (Wildman–Crippen LogP) is 4.94. The molecule has 36 heavy (non-hydrogen) atoms. The van der Waals surface area contributed by atoms with E-state index in [4.69, 9.17) is 11.5 Å². The number of nitrogens with zero attached hydrogens (tertiary/aromatic N) is 4. The maximum atomic E-state index is 13.7. The summed E-state index contributed by atoms with van der Waals surface area (Å²) in [6.07, 6.45) is 3.31. The van der Waals surface area contributed by atoms with Crippen LogP contribution in [0.25, 0.3) is 0 Å². The molecular weight excluding hydrogens is 465 g/mol. The van der Waals surface area contributed by atoms with Crippen LogP contribution in [0.3, 0.4) is 0 Å². The molecule has 0 atom stereocenters. The van der Waals surface area contributed by atoms with Crippen LogP contribution in [0.1, 0.15) is 33.7 Å². The van der Waals surface area contributed by atoms with Gasteiger partial charge in [-0.15, -0.1) is 0 Å². The Morgan fingerprint density at radius 1 is 0.583 bits per heavy atom. The number of hydrogen-bond acceptors (Lipinski definition) is 4. The van der Waals surface area contributed by atoms with Gasteiger partial charge >= 0.3 is 0 Å². The van der Waals surface area contributed by atoms with Crippen LogP contribution in [0.2, 0.25) is 0 Å². The van der Waals surface area contributed by atoms with Crippen molar-refractivity contribution in [2.24, 2.45) is 0 Å². The molecule has 0 unspecified atom stereocenters. The van der Waals surface area contributed by atoms with Crippen molar-refractivity contribution in [3.05, 3.63) is 130 Å². The highest BCUT2D eigenvalue weighted by Gasteiger charge is 2.26. The van der Waals surface area contributed by atoms with Crippen molar-refractivity contribution in [1.82, 2.24) is 19.6 Å².